The number of pyridine rings is 2. The number of aromatic amines is 2. The maximum atomic E-state index is 14.6. The topological polar surface area (TPSA) is 128 Å². The van der Waals surface area contributed by atoms with Gasteiger partial charge in [-0.05, 0) is 71.8 Å². The molecule has 0 fully saturated rings. The van der Waals surface area contributed by atoms with Gasteiger partial charge in [0.15, 0.2) is 0 Å². The Morgan fingerprint density at radius 3 is 2.51 bits per heavy atom. The largest absolute Gasteiger partial charge is 0.353 e. The molecule has 11 heteroatoms. The van der Waals surface area contributed by atoms with E-state index in [-0.39, 0.29) is 6.54 Å². The molecule has 2 aromatic carbocycles. The molecule has 0 saturated carbocycles. The van der Waals surface area contributed by atoms with Gasteiger partial charge in [0.05, 0.1) is 23.2 Å². The zero-order valence-electron chi connectivity index (χ0n) is 22.5. The molecule has 0 atom stereocenters. The highest BCUT2D eigenvalue weighted by Gasteiger charge is 2.16. The molecule has 0 unspecified atom stereocenters. The molecule has 0 radical (unpaired) electrons. The lowest BCUT2D eigenvalue weighted by Crippen LogP contribution is -2.21. The van der Waals surface area contributed by atoms with E-state index in [1.165, 1.54) is 12.1 Å². The molecule has 6 aromatic rings. The van der Waals surface area contributed by atoms with Crippen molar-refractivity contribution in [3.05, 3.63) is 90.1 Å². The first kappa shape index (κ1) is 26.8. The van der Waals surface area contributed by atoms with Crippen LogP contribution in [0.5, 0.6) is 0 Å². The number of hydrogen-bond acceptors (Lipinski definition) is 6. The van der Waals surface area contributed by atoms with Crippen molar-refractivity contribution in [1.82, 2.24) is 35.2 Å². The van der Waals surface area contributed by atoms with Crippen LogP contribution in [-0.4, -0.2) is 46.4 Å². The summed E-state index contributed by atoms with van der Waals surface area (Å²) in [5.74, 6) is -0.475. The minimum absolute atomic E-state index is 0.0207. The Labute approximate surface area is 236 Å². The van der Waals surface area contributed by atoms with Crippen molar-refractivity contribution in [2.24, 2.45) is 0 Å². The van der Waals surface area contributed by atoms with Gasteiger partial charge in [0.2, 0.25) is 10.0 Å². The molecule has 0 spiro atoms. The number of halogens is 1. The molecular formula is C30H28FN7O2S. The van der Waals surface area contributed by atoms with Crippen molar-refractivity contribution in [3.63, 3.8) is 0 Å². The third kappa shape index (κ3) is 5.73. The van der Waals surface area contributed by atoms with Gasteiger partial charge in [-0.3, -0.25) is 15.1 Å². The molecule has 0 bridgehead atoms. The molecule has 4 N–H and O–H groups in total. The van der Waals surface area contributed by atoms with Crippen LogP contribution >= 0.6 is 0 Å². The summed E-state index contributed by atoms with van der Waals surface area (Å²) in [6, 6.07) is 16.5. The van der Waals surface area contributed by atoms with Crippen LogP contribution in [0.25, 0.3) is 55.6 Å². The fourth-order valence-corrected chi connectivity index (χ4v) is 5.35. The van der Waals surface area contributed by atoms with E-state index in [0.717, 1.165) is 69.2 Å². The summed E-state index contributed by atoms with van der Waals surface area (Å²) in [5.41, 5.74) is 8.02. The van der Waals surface area contributed by atoms with Crippen molar-refractivity contribution < 1.29 is 12.8 Å². The van der Waals surface area contributed by atoms with Gasteiger partial charge in [0.25, 0.3) is 0 Å². The maximum Gasteiger partial charge on any atom is 0.209 e. The third-order valence-corrected chi connectivity index (χ3v) is 7.51. The molecule has 4 aromatic heterocycles. The van der Waals surface area contributed by atoms with Crippen LogP contribution in [0.2, 0.25) is 0 Å². The van der Waals surface area contributed by atoms with Crippen molar-refractivity contribution >= 4 is 31.8 Å². The SMILES string of the molecule is CCNCc1cncc(-c2ccc3[nH]nc(-c4cc5c(-c6cc(F)cc(CNS(C)(=O)=O)c6)nccc5[nH]4)c3c2)c1. The minimum atomic E-state index is -3.42. The number of sulfonamides is 1. The Morgan fingerprint density at radius 1 is 0.854 bits per heavy atom. The normalized spacial score (nSPS) is 12.0. The average molecular weight is 570 g/mol. The summed E-state index contributed by atoms with van der Waals surface area (Å²) in [6.07, 6.45) is 6.45. The smallest absolute Gasteiger partial charge is 0.209 e. The monoisotopic (exact) mass is 569 g/mol. The van der Waals surface area contributed by atoms with Crippen LogP contribution in [0.15, 0.2) is 73.2 Å². The molecule has 41 heavy (non-hydrogen) atoms. The molecule has 4 heterocycles. The lowest BCUT2D eigenvalue weighted by Gasteiger charge is -2.08. The van der Waals surface area contributed by atoms with E-state index >= 15 is 0 Å². The highest BCUT2D eigenvalue weighted by Crippen LogP contribution is 2.35. The van der Waals surface area contributed by atoms with Crippen LogP contribution in [-0.2, 0) is 23.1 Å². The zero-order valence-corrected chi connectivity index (χ0v) is 23.3. The molecule has 6 rings (SSSR count). The highest BCUT2D eigenvalue weighted by atomic mass is 32.2. The van der Waals surface area contributed by atoms with Crippen LogP contribution in [0.3, 0.4) is 0 Å². The number of rotatable bonds is 9. The van der Waals surface area contributed by atoms with Crippen molar-refractivity contribution in [1.29, 1.82) is 0 Å². The number of hydrogen-bond donors (Lipinski definition) is 4. The fourth-order valence-electron chi connectivity index (χ4n) is 4.93. The van der Waals surface area contributed by atoms with Crippen LogP contribution in [0.4, 0.5) is 4.39 Å². The summed E-state index contributed by atoms with van der Waals surface area (Å²) in [5, 5.41) is 12.8. The van der Waals surface area contributed by atoms with Crippen molar-refractivity contribution in [2.75, 3.05) is 12.8 Å². The van der Waals surface area contributed by atoms with Crippen molar-refractivity contribution in [3.8, 4) is 33.8 Å². The fraction of sp³-hybridized carbons (Fsp3) is 0.167. The predicted octanol–water partition coefficient (Wildman–Crippen LogP) is 5.13. The number of nitrogens with one attached hydrogen (secondary N) is 4. The first-order valence-corrected chi connectivity index (χ1v) is 15.0. The van der Waals surface area contributed by atoms with Crippen LogP contribution in [0.1, 0.15) is 18.1 Å². The van der Waals surface area contributed by atoms with Gasteiger partial charge in [0.1, 0.15) is 11.5 Å². The van der Waals surface area contributed by atoms with E-state index in [4.69, 9.17) is 0 Å². The molecular weight excluding hydrogens is 541 g/mol. The van der Waals surface area contributed by atoms with E-state index in [1.54, 1.807) is 12.3 Å². The maximum absolute atomic E-state index is 14.6. The number of benzene rings is 2. The number of H-pyrrole nitrogens is 2. The van der Waals surface area contributed by atoms with Crippen molar-refractivity contribution in [2.45, 2.75) is 20.0 Å². The van der Waals surface area contributed by atoms with E-state index in [2.05, 4.69) is 54.2 Å². The molecule has 0 amide bonds. The molecule has 208 valence electrons. The summed E-state index contributed by atoms with van der Waals surface area (Å²) < 4.78 is 40.1. The average Bonchev–Trinajstić information content (AvgIpc) is 3.58. The second-order valence-electron chi connectivity index (χ2n) is 9.94. The summed E-state index contributed by atoms with van der Waals surface area (Å²) in [4.78, 5) is 12.4. The number of nitrogens with zero attached hydrogens (tertiary/aromatic N) is 3. The first-order valence-electron chi connectivity index (χ1n) is 13.1. The first-order chi connectivity index (χ1) is 19.8. The Morgan fingerprint density at radius 2 is 1.68 bits per heavy atom. The molecule has 0 aliphatic carbocycles. The standard InChI is InChI=1S/C30H28FN7O2S/c1-3-32-14-19-9-22(17-33-15-19)20-4-5-27-24(12-20)30(38-37-27)28-13-25-26(36-28)6-7-34-29(25)21-8-18(10-23(31)11-21)16-35-41(2,39)40/h4-13,15,17,32,35-36H,3,14,16H2,1-2H3,(H,37,38). The molecule has 0 saturated heterocycles. The predicted molar refractivity (Wildman–Crippen MR) is 159 cm³/mol. The summed E-state index contributed by atoms with van der Waals surface area (Å²) in [6.45, 7) is 3.69. The van der Waals surface area contributed by atoms with Crippen LogP contribution < -0.4 is 10.0 Å². The van der Waals surface area contributed by atoms with Gasteiger partial charge >= 0.3 is 0 Å². The highest BCUT2D eigenvalue weighted by molar-refractivity contribution is 7.88. The molecule has 0 aliphatic rings. The summed E-state index contributed by atoms with van der Waals surface area (Å²) >= 11 is 0. The zero-order chi connectivity index (χ0) is 28.6. The van der Waals surface area contributed by atoms with E-state index in [9.17, 15) is 12.8 Å². The summed E-state index contributed by atoms with van der Waals surface area (Å²) in [7, 11) is -3.42. The molecule has 0 aliphatic heterocycles. The van der Waals surface area contributed by atoms with Gasteiger partial charge in [-0.1, -0.05) is 13.0 Å². The Hall–Kier alpha value is -4.45. The Kier molecular flexibility index (Phi) is 7.08. The Balaban J connectivity index is 1.39. The second kappa shape index (κ2) is 10.8. The third-order valence-electron chi connectivity index (χ3n) is 6.84. The van der Waals surface area contributed by atoms with Gasteiger partial charge < -0.3 is 10.3 Å². The van der Waals surface area contributed by atoms with E-state index in [0.29, 0.717) is 16.8 Å². The van der Waals surface area contributed by atoms with Crippen LogP contribution in [0, 0.1) is 5.82 Å². The lowest BCUT2D eigenvalue weighted by atomic mass is 10.0. The van der Waals surface area contributed by atoms with E-state index in [1.807, 2.05) is 36.7 Å². The Bertz CT molecular complexity index is 2000. The van der Waals surface area contributed by atoms with E-state index < -0.39 is 15.8 Å². The minimum Gasteiger partial charge on any atom is -0.353 e. The number of aromatic nitrogens is 5. The number of fused-ring (bicyclic) bond motifs is 2. The van der Waals surface area contributed by atoms with Gasteiger partial charge in [-0.2, -0.15) is 5.10 Å². The van der Waals surface area contributed by atoms with Gasteiger partial charge in [-0.25, -0.2) is 17.5 Å². The van der Waals surface area contributed by atoms with Gasteiger partial charge in [-0.15, -0.1) is 0 Å². The second-order valence-corrected chi connectivity index (χ2v) is 11.8. The molecule has 9 nitrogen and oxygen atoms in total. The quantitative estimate of drug-likeness (QED) is 0.191. The lowest BCUT2D eigenvalue weighted by molar-refractivity contribution is 0.586. The van der Waals surface area contributed by atoms with Gasteiger partial charge in [0, 0.05) is 59.1 Å².